The van der Waals surface area contributed by atoms with Crippen LogP contribution in [0.3, 0.4) is 0 Å². The van der Waals surface area contributed by atoms with Gasteiger partial charge in [-0.15, -0.1) is 0 Å². The van der Waals surface area contributed by atoms with Gasteiger partial charge in [0.2, 0.25) is 5.91 Å². The minimum atomic E-state index is -4.78. The van der Waals surface area contributed by atoms with Gasteiger partial charge in [0.05, 0.1) is 5.69 Å². The average molecular weight is 406 g/mol. The first kappa shape index (κ1) is 19.5. The van der Waals surface area contributed by atoms with Crippen molar-refractivity contribution in [3.63, 3.8) is 0 Å². The molecule has 29 heavy (non-hydrogen) atoms. The van der Waals surface area contributed by atoms with Crippen LogP contribution in [0.2, 0.25) is 0 Å². The van der Waals surface area contributed by atoms with E-state index in [4.69, 9.17) is 0 Å². The van der Waals surface area contributed by atoms with E-state index in [1.165, 1.54) is 0 Å². The quantitative estimate of drug-likeness (QED) is 0.827. The number of anilines is 2. The van der Waals surface area contributed by atoms with Gasteiger partial charge < -0.3 is 10.2 Å². The summed E-state index contributed by atoms with van der Waals surface area (Å²) in [7, 11) is 0. The molecule has 0 unspecified atom stereocenters. The largest absolute Gasteiger partial charge is 0.421 e. The first-order valence-corrected chi connectivity index (χ1v) is 9.65. The molecule has 1 aromatic carbocycles. The number of carbonyl (C=O) groups excluding carboxylic acids is 1. The van der Waals surface area contributed by atoms with Crippen molar-refractivity contribution < 1.29 is 18.0 Å². The van der Waals surface area contributed by atoms with E-state index in [0.717, 1.165) is 50.5 Å². The molecule has 1 saturated carbocycles. The van der Waals surface area contributed by atoms with Gasteiger partial charge in [-0.2, -0.15) is 18.3 Å². The number of halogens is 3. The van der Waals surface area contributed by atoms with Gasteiger partial charge in [-0.3, -0.25) is 9.59 Å². The fourth-order valence-corrected chi connectivity index (χ4v) is 3.52. The Hall–Kier alpha value is -2.84. The first-order chi connectivity index (χ1) is 13.8. The first-order valence-electron chi connectivity index (χ1n) is 9.65. The third kappa shape index (κ3) is 4.44. The summed E-state index contributed by atoms with van der Waals surface area (Å²) >= 11 is 0. The smallest absolute Gasteiger partial charge is 0.372 e. The number of carbonyl (C=O) groups is 1. The van der Waals surface area contributed by atoms with Crippen molar-refractivity contribution in [2.45, 2.75) is 44.3 Å². The van der Waals surface area contributed by atoms with E-state index in [2.05, 4.69) is 15.3 Å². The van der Waals surface area contributed by atoms with E-state index in [1.54, 1.807) is 12.1 Å². The van der Waals surface area contributed by atoms with Crippen LogP contribution in [0, 0.1) is 0 Å². The van der Waals surface area contributed by atoms with Gasteiger partial charge in [-0.1, -0.05) is 0 Å². The molecule has 1 N–H and O–H groups in total. The number of alkyl halides is 3. The Morgan fingerprint density at radius 1 is 1.14 bits per heavy atom. The summed E-state index contributed by atoms with van der Waals surface area (Å²) in [6, 6.07) is 8.07. The zero-order valence-corrected chi connectivity index (χ0v) is 15.7. The molecule has 1 aliphatic heterocycles. The Balaban J connectivity index is 1.49. The monoisotopic (exact) mass is 406 g/mol. The highest BCUT2D eigenvalue weighted by molar-refractivity contribution is 5.90. The van der Waals surface area contributed by atoms with Crippen LogP contribution in [0.5, 0.6) is 0 Å². The summed E-state index contributed by atoms with van der Waals surface area (Å²) < 4.78 is 40.2. The molecule has 1 aliphatic carbocycles. The highest BCUT2D eigenvalue weighted by Crippen LogP contribution is 2.40. The van der Waals surface area contributed by atoms with Crippen molar-refractivity contribution >= 4 is 17.3 Å². The minimum absolute atomic E-state index is 0.0795. The fraction of sp³-hybridized carbons (Fsp3) is 0.450. The zero-order chi connectivity index (χ0) is 20.6. The molecule has 9 heteroatoms. The van der Waals surface area contributed by atoms with Gasteiger partial charge in [-0.25, -0.2) is 4.68 Å². The van der Waals surface area contributed by atoms with Crippen molar-refractivity contribution in [3.8, 4) is 0 Å². The van der Waals surface area contributed by atoms with Gasteiger partial charge >= 0.3 is 6.18 Å². The van der Waals surface area contributed by atoms with Crippen LogP contribution in [-0.2, 0) is 17.5 Å². The number of nitrogens with one attached hydrogen (secondary N) is 1. The van der Waals surface area contributed by atoms with Gasteiger partial charge in [0.25, 0.3) is 5.56 Å². The van der Waals surface area contributed by atoms with Gasteiger partial charge in [0.1, 0.15) is 12.1 Å². The Kier molecular flexibility index (Phi) is 5.06. The molecule has 2 aliphatic rings. The second-order valence-corrected chi connectivity index (χ2v) is 7.51. The Morgan fingerprint density at radius 2 is 1.79 bits per heavy atom. The molecule has 1 aromatic heterocycles. The summed E-state index contributed by atoms with van der Waals surface area (Å²) in [6.45, 7) is 1.43. The van der Waals surface area contributed by atoms with Crippen LogP contribution in [0.4, 0.5) is 24.5 Å². The molecule has 2 aromatic rings. The van der Waals surface area contributed by atoms with Crippen molar-refractivity contribution in [1.82, 2.24) is 9.78 Å². The average Bonchev–Trinajstić information content (AvgIpc) is 3.37. The maximum absolute atomic E-state index is 13.2. The summed E-state index contributed by atoms with van der Waals surface area (Å²) in [6.07, 6.45) is -1.01. The highest BCUT2D eigenvalue weighted by Gasteiger charge is 2.37. The predicted octanol–water partition coefficient (Wildman–Crippen LogP) is 3.38. The SMILES string of the molecule is O=C(Cn1nc(C2CC2)cc(C(F)(F)F)c1=O)Nc1ccc(N2CCCC2)cc1. The van der Waals surface area contributed by atoms with Gasteiger partial charge in [0.15, 0.2) is 0 Å². The molecule has 4 rings (SSSR count). The molecule has 2 fully saturated rings. The van der Waals surface area contributed by atoms with Crippen molar-refractivity contribution in [3.05, 3.63) is 51.9 Å². The Bertz CT molecular complexity index is 959. The molecule has 0 bridgehead atoms. The normalized spacial score (nSPS) is 16.9. The summed E-state index contributed by atoms with van der Waals surface area (Å²) in [4.78, 5) is 26.8. The molecule has 2 heterocycles. The predicted molar refractivity (Wildman–Crippen MR) is 102 cm³/mol. The Labute approximate surface area is 165 Å². The number of nitrogens with zero attached hydrogens (tertiary/aromatic N) is 3. The van der Waals surface area contributed by atoms with Crippen molar-refractivity contribution in [2.24, 2.45) is 0 Å². The molecule has 0 spiro atoms. The third-order valence-corrected chi connectivity index (χ3v) is 5.21. The van der Waals surface area contributed by atoms with Crippen LogP contribution in [-0.4, -0.2) is 28.8 Å². The maximum atomic E-state index is 13.2. The molecule has 0 radical (unpaired) electrons. The van der Waals surface area contributed by atoms with Crippen LogP contribution in [0.15, 0.2) is 35.1 Å². The zero-order valence-electron chi connectivity index (χ0n) is 15.7. The lowest BCUT2D eigenvalue weighted by atomic mass is 10.2. The fourth-order valence-electron chi connectivity index (χ4n) is 3.52. The highest BCUT2D eigenvalue weighted by atomic mass is 19.4. The lowest BCUT2D eigenvalue weighted by Gasteiger charge is -2.18. The second-order valence-electron chi connectivity index (χ2n) is 7.51. The number of benzene rings is 1. The van der Waals surface area contributed by atoms with Crippen LogP contribution >= 0.6 is 0 Å². The van der Waals surface area contributed by atoms with Gasteiger partial charge in [-0.05, 0) is 56.0 Å². The molecule has 1 amide bonds. The van der Waals surface area contributed by atoms with Gasteiger partial charge in [0, 0.05) is 30.4 Å². The van der Waals surface area contributed by atoms with Crippen molar-refractivity contribution in [1.29, 1.82) is 0 Å². The third-order valence-electron chi connectivity index (χ3n) is 5.21. The minimum Gasteiger partial charge on any atom is -0.372 e. The lowest BCUT2D eigenvalue weighted by Crippen LogP contribution is -2.35. The molecule has 154 valence electrons. The number of hydrogen-bond donors (Lipinski definition) is 1. The van der Waals surface area contributed by atoms with E-state index >= 15 is 0 Å². The molecule has 0 atom stereocenters. The van der Waals surface area contributed by atoms with Crippen LogP contribution in [0.25, 0.3) is 0 Å². The molecule has 1 saturated heterocycles. The lowest BCUT2D eigenvalue weighted by molar-refractivity contribution is -0.139. The van der Waals surface area contributed by atoms with Crippen molar-refractivity contribution in [2.75, 3.05) is 23.3 Å². The molecular weight excluding hydrogens is 385 g/mol. The Morgan fingerprint density at radius 3 is 2.38 bits per heavy atom. The van der Waals surface area contributed by atoms with E-state index in [9.17, 15) is 22.8 Å². The molecule has 6 nitrogen and oxygen atoms in total. The summed E-state index contributed by atoms with van der Waals surface area (Å²) in [5.74, 6) is -0.682. The second kappa shape index (κ2) is 7.53. The maximum Gasteiger partial charge on any atom is 0.421 e. The standard InChI is InChI=1S/C20H21F3N4O2/c21-20(22,23)16-11-17(13-3-4-13)25-27(19(16)29)12-18(28)24-14-5-7-15(8-6-14)26-9-1-2-10-26/h5-8,11,13H,1-4,9-10,12H2,(H,24,28). The van der Waals surface area contributed by atoms with Crippen LogP contribution in [0.1, 0.15) is 42.9 Å². The number of amides is 1. The van der Waals surface area contributed by atoms with E-state index in [-0.39, 0.29) is 11.6 Å². The van der Waals surface area contributed by atoms with E-state index in [0.29, 0.717) is 10.4 Å². The summed E-state index contributed by atoms with van der Waals surface area (Å²) in [5.41, 5.74) is -0.802. The molecular formula is C20H21F3N4O2. The number of aromatic nitrogens is 2. The number of rotatable bonds is 5. The van der Waals surface area contributed by atoms with Crippen LogP contribution < -0.4 is 15.8 Å². The van der Waals surface area contributed by atoms with E-state index < -0.39 is 29.8 Å². The number of hydrogen-bond acceptors (Lipinski definition) is 4. The topological polar surface area (TPSA) is 67.2 Å². The van der Waals surface area contributed by atoms with E-state index in [1.807, 2.05) is 12.1 Å². The summed E-state index contributed by atoms with van der Waals surface area (Å²) in [5, 5.41) is 6.61.